The fourth-order valence-corrected chi connectivity index (χ4v) is 8.12. The van der Waals surface area contributed by atoms with Gasteiger partial charge >= 0.3 is 0 Å². The molecule has 0 unspecified atom stereocenters. The first-order chi connectivity index (χ1) is 26.3. The lowest BCUT2D eigenvalue weighted by atomic mass is 9.92. The maximum atomic E-state index is 6.28. The Bertz CT molecular complexity index is 3220. The van der Waals surface area contributed by atoms with Crippen molar-refractivity contribution in [2.75, 3.05) is 0 Å². The molecule has 0 amide bonds. The average molecular weight is 676 g/mol. The van der Waals surface area contributed by atoms with E-state index in [1.54, 1.807) is 0 Å². The summed E-state index contributed by atoms with van der Waals surface area (Å²) in [6.07, 6.45) is 0. The SMILES string of the molecule is c1ccc(-c2nc(-c3ccc(-c4cccc5oc6ccccc6c45)c4ccccc34)nc(-c3cc4ccccc4c4c3ccc3ccccc34)n2)cc1. The normalized spacial score (nSPS) is 11.8. The molecule has 0 aliphatic carbocycles. The van der Waals surface area contributed by atoms with Crippen molar-refractivity contribution in [3.05, 3.63) is 176 Å². The number of aromatic nitrogens is 3. The van der Waals surface area contributed by atoms with E-state index in [9.17, 15) is 0 Å². The number of hydrogen-bond donors (Lipinski definition) is 0. The molecule has 0 radical (unpaired) electrons. The summed E-state index contributed by atoms with van der Waals surface area (Å²) in [5, 5.41) is 11.5. The Balaban J connectivity index is 1.18. The second-order valence-electron chi connectivity index (χ2n) is 13.5. The predicted octanol–water partition coefficient (Wildman–Crippen LogP) is 13.1. The van der Waals surface area contributed by atoms with Crippen LogP contribution in [0.1, 0.15) is 0 Å². The van der Waals surface area contributed by atoms with Gasteiger partial charge in [-0.05, 0) is 78.5 Å². The summed E-state index contributed by atoms with van der Waals surface area (Å²) in [6, 6.07) is 61.5. The van der Waals surface area contributed by atoms with Crippen molar-refractivity contribution in [1.29, 1.82) is 0 Å². The monoisotopic (exact) mass is 675 g/mol. The minimum absolute atomic E-state index is 0.630. The van der Waals surface area contributed by atoms with E-state index in [-0.39, 0.29) is 0 Å². The van der Waals surface area contributed by atoms with Gasteiger partial charge in [-0.3, -0.25) is 0 Å². The van der Waals surface area contributed by atoms with Crippen molar-refractivity contribution < 1.29 is 4.42 Å². The number of hydrogen-bond acceptors (Lipinski definition) is 4. The second-order valence-corrected chi connectivity index (χ2v) is 13.5. The largest absolute Gasteiger partial charge is 0.456 e. The van der Waals surface area contributed by atoms with E-state index >= 15 is 0 Å². The fraction of sp³-hybridized carbons (Fsp3) is 0. The highest BCUT2D eigenvalue weighted by atomic mass is 16.3. The smallest absolute Gasteiger partial charge is 0.164 e. The zero-order valence-corrected chi connectivity index (χ0v) is 28.5. The van der Waals surface area contributed by atoms with Gasteiger partial charge in [-0.15, -0.1) is 0 Å². The molecule has 0 fully saturated rings. The first-order valence-electron chi connectivity index (χ1n) is 17.9. The Hall–Kier alpha value is -7.17. The molecule has 11 aromatic rings. The minimum atomic E-state index is 0.630. The summed E-state index contributed by atoms with van der Waals surface area (Å²) in [6.45, 7) is 0. The number of para-hydroxylation sites is 1. The minimum Gasteiger partial charge on any atom is -0.456 e. The Morgan fingerprint density at radius 1 is 0.302 bits per heavy atom. The van der Waals surface area contributed by atoms with Gasteiger partial charge in [0.15, 0.2) is 17.5 Å². The van der Waals surface area contributed by atoms with Crippen LogP contribution >= 0.6 is 0 Å². The zero-order valence-electron chi connectivity index (χ0n) is 28.5. The van der Waals surface area contributed by atoms with Crippen LogP contribution in [-0.4, -0.2) is 15.0 Å². The molecule has 0 atom stereocenters. The molecule has 246 valence electrons. The van der Waals surface area contributed by atoms with Crippen molar-refractivity contribution in [1.82, 2.24) is 15.0 Å². The van der Waals surface area contributed by atoms with Gasteiger partial charge in [0.25, 0.3) is 0 Å². The summed E-state index contributed by atoms with van der Waals surface area (Å²) in [4.78, 5) is 15.7. The van der Waals surface area contributed by atoms with Gasteiger partial charge in [-0.2, -0.15) is 0 Å². The molecule has 53 heavy (non-hydrogen) atoms. The Labute approximate surface area is 304 Å². The van der Waals surface area contributed by atoms with E-state index in [0.29, 0.717) is 17.5 Å². The van der Waals surface area contributed by atoms with Gasteiger partial charge in [0, 0.05) is 27.5 Å². The lowest BCUT2D eigenvalue weighted by Crippen LogP contribution is -2.01. The molecule has 4 nitrogen and oxygen atoms in total. The zero-order chi connectivity index (χ0) is 34.9. The number of fused-ring (bicyclic) bond motifs is 9. The molecule has 2 heterocycles. The van der Waals surface area contributed by atoms with Crippen LogP contribution in [0, 0.1) is 0 Å². The van der Waals surface area contributed by atoms with Gasteiger partial charge in [-0.25, -0.2) is 15.0 Å². The number of benzene rings is 9. The van der Waals surface area contributed by atoms with Gasteiger partial charge < -0.3 is 4.42 Å². The van der Waals surface area contributed by atoms with Crippen molar-refractivity contribution in [3.8, 4) is 45.3 Å². The molecular formula is C49H29N3O. The van der Waals surface area contributed by atoms with Crippen molar-refractivity contribution in [2.45, 2.75) is 0 Å². The Morgan fingerprint density at radius 3 is 1.70 bits per heavy atom. The lowest BCUT2D eigenvalue weighted by molar-refractivity contribution is 0.669. The molecule has 9 aromatic carbocycles. The van der Waals surface area contributed by atoms with Crippen molar-refractivity contribution >= 4 is 65.0 Å². The van der Waals surface area contributed by atoms with E-state index in [1.807, 2.05) is 36.4 Å². The predicted molar refractivity (Wildman–Crippen MR) is 219 cm³/mol. The third-order valence-corrected chi connectivity index (χ3v) is 10.5. The highest BCUT2D eigenvalue weighted by molar-refractivity contribution is 6.24. The summed E-state index contributed by atoms with van der Waals surface area (Å²) in [5.74, 6) is 1.91. The fourth-order valence-electron chi connectivity index (χ4n) is 8.12. The molecule has 0 saturated heterocycles. The van der Waals surface area contributed by atoms with Crippen LogP contribution in [0.15, 0.2) is 180 Å². The maximum absolute atomic E-state index is 6.28. The molecule has 0 saturated carbocycles. The van der Waals surface area contributed by atoms with Crippen LogP contribution in [0.3, 0.4) is 0 Å². The quantitative estimate of drug-likeness (QED) is 0.174. The Kier molecular flexibility index (Phi) is 6.52. The lowest BCUT2D eigenvalue weighted by Gasteiger charge is -2.15. The standard InChI is InChI=1S/C49H29N3O/c1-2-14-31(15-3-1)47-50-48(52-49(51-47)42-29-32-16-5-7-18-34(32)45-33-17-6-4-13-30(33)25-26-39(42)45)40-28-27-37(35-19-8-9-20-36(35)40)38-22-12-24-44-46(38)41-21-10-11-23-43(41)53-44/h1-29H. The first-order valence-corrected chi connectivity index (χ1v) is 17.9. The molecule has 0 aliphatic rings. The summed E-state index contributed by atoms with van der Waals surface area (Å²) in [7, 11) is 0. The molecule has 0 aliphatic heterocycles. The van der Waals surface area contributed by atoms with Crippen LogP contribution in [-0.2, 0) is 0 Å². The van der Waals surface area contributed by atoms with E-state index in [2.05, 4.69) is 140 Å². The van der Waals surface area contributed by atoms with E-state index in [0.717, 1.165) is 71.3 Å². The van der Waals surface area contributed by atoms with E-state index in [4.69, 9.17) is 19.4 Å². The van der Waals surface area contributed by atoms with Gasteiger partial charge in [0.2, 0.25) is 0 Å². The summed E-state index contributed by atoms with van der Waals surface area (Å²) in [5.41, 5.74) is 6.89. The third-order valence-electron chi connectivity index (χ3n) is 10.5. The van der Waals surface area contributed by atoms with Gasteiger partial charge in [-0.1, -0.05) is 152 Å². The van der Waals surface area contributed by atoms with Crippen LogP contribution in [0.25, 0.3) is 110 Å². The van der Waals surface area contributed by atoms with Crippen LogP contribution < -0.4 is 0 Å². The van der Waals surface area contributed by atoms with E-state index < -0.39 is 0 Å². The van der Waals surface area contributed by atoms with Crippen LogP contribution in [0.2, 0.25) is 0 Å². The van der Waals surface area contributed by atoms with Crippen molar-refractivity contribution in [3.63, 3.8) is 0 Å². The highest BCUT2D eigenvalue weighted by Gasteiger charge is 2.20. The molecule has 0 N–H and O–H groups in total. The van der Waals surface area contributed by atoms with E-state index in [1.165, 1.54) is 21.5 Å². The second kappa shape index (κ2) is 11.7. The van der Waals surface area contributed by atoms with Crippen LogP contribution in [0.4, 0.5) is 0 Å². The number of rotatable bonds is 4. The number of furan rings is 1. The topological polar surface area (TPSA) is 51.8 Å². The third kappa shape index (κ3) is 4.66. The highest BCUT2D eigenvalue weighted by Crippen LogP contribution is 2.42. The molecular weight excluding hydrogens is 647 g/mol. The van der Waals surface area contributed by atoms with Gasteiger partial charge in [0.05, 0.1) is 0 Å². The molecule has 4 heteroatoms. The average Bonchev–Trinajstić information content (AvgIpc) is 3.62. The number of nitrogens with zero attached hydrogens (tertiary/aromatic N) is 3. The molecule has 2 aromatic heterocycles. The molecule has 11 rings (SSSR count). The summed E-state index contributed by atoms with van der Waals surface area (Å²) >= 11 is 0. The molecule has 0 bridgehead atoms. The summed E-state index contributed by atoms with van der Waals surface area (Å²) < 4.78 is 6.28. The Morgan fingerprint density at radius 2 is 0.887 bits per heavy atom. The maximum Gasteiger partial charge on any atom is 0.164 e. The molecule has 0 spiro atoms. The first kappa shape index (κ1) is 29.5. The van der Waals surface area contributed by atoms with Crippen molar-refractivity contribution in [2.24, 2.45) is 0 Å². The van der Waals surface area contributed by atoms with Gasteiger partial charge in [0.1, 0.15) is 11.2 Å². The van der Waals surface area contributed by atoms with Crippen LogP contribution in [0.5, 0.6) is 0 Å².